The van der Waals surface area contributed by atoms with E-state index in [9.17, 15) is 0 Å². The Morgan fingerprint density at radius 1 is 0.286 bits per heavy atom. The summed E-state index contributed by atoms with van der Waals surface area (Å²) in [6.45, 7) is 25.0. The summed E-state index contributed by atoms with van der Waals surface area (Å²) in [4.78, 5) is 0. The van der Waals surface area contributed by atoms with Crippen LogP contribution in [-0.4, -0.2) is 0 Å². The van der Waals surface area contributed by atoms with Crippen molar-refractivity contribution in [3.63, 3.8) is 0 Å². The smallest absolute Gasteiger partial charge is 0 e. The van der Waals surface area contributed by atoms with Gasteiger partial charge in [0, 0.05) is 131 Å². The van der Waals surface area contributed by atoms with Crippen molar-refractivity contribution in [3.8, 4) is 0 Å². The Labute approximate surface area is 240 Å². The van der Waals surface area contributed by atoms with Gasteiger partial charge in [-0.3, -0.25) is 0 Å². The van der Waals surface area contributed by atoms with Gasteiger partial charge in [0.2, 0.25) is 0 Å². The first-order valence-electron chi connectivity index (χ1n) is 6.00. The molecule has 124 valence electrons. The summed E-state index contributed by atoms with van der Waals surface area (Å²) in [5.41, 5.74) is 0. The zero-order valence-electron chi connectivity index (χ0n) is 17.3. The molecule has 0 aromatic rings. The van der Waals surface area contributed by atoms with E-state index in [0.717, 1.165) is 0 Å². The van der Waals surface area contributed by atoms with E-state index in [0.29, 0.717) is 0 Å². The van der Waals surface area contributed by atoms with Crippen LogP contribution in [0.5, 0.6) is 0 Å². The SMILES string of the molecule is C[C-](C)C.C[C-](C)C.C[C-](C)C.C[C-](C)C.[CH3-].[Y].[Y].[Y].[Y]. The molecule has 4 heteroatoms. The molecule has 0 fully saturated rings. The van der Waals surface area contributed by atoms with E-state index < -0.39 is 0 Å². The largest absolute Gasteiger partial charge is 0.358 e. The summed E-state index contributed by atoms with van der Waals surface area (Å²) in [6, 6.07) is 0. The Morgan fingerprint density at radius 3 is 0.286 bits per heavy atom. The minimum Gasteiger partial charge on any atom is -0.358 e. The molecular formula is C17H39Y4-5. The summed E-state index contributed by atoms with van der Waals surface area (Å²) < 4.78 is 0. The molecule has 0 aliphatic carbocycles. The van der Waals surface area contributed by atoms with Gasteiger partial charge >= 0.3 is 0 Å². The standard InChI is InChI=1S/4C4H9.CH3.4Y/c4*1-4(2)3;;;;;/h4*1-3H3;1H3;;;;/q5*-1;;;;. The second kappa shape index (κ2) is 49.7. The molecule has 0 rings (SSSR count). The summed E-state index contributed by atoms with van der Waals surface area (Å²) in [5, 5.41) is 0. The first-order valence-corrected chi connectivity index (χ1v) is 6.00. The van der Waals surface area contributed by atoms with Gasteiger partial charge in [0.1, 0.15) is 0 Å². The van der Waals surface area contributed by atoms with Gasteiger partial charge in [0.25, 0.3) is 0 Å². The maximum atomic E-state index is 2.08. The first-order chi connectivity index (χ1) is 6.93. The first kappa shape index (κ1) is 56.2. The average Bonchev–Trinajstić information content (AvgIpc) is 1.76. The Morgan fingerprint density at radius 2 is 0.286 bits per heavy atom. The Bertz CT molecular complexity index is 57.8. The second-order valence-corrected chi connectivity index (χ2v) is 6.00. The topological polar surface area (TPSA) is 0 Å². The van der Waals surface area contributed by atoms with Crippen LogP contribution in [0.4, 0.5) is 0 Å². The normalized spacial score (nSPS) is 6.86. The number of hydrogen-bond donors (Lipinski definition) is 0. The van der Waals surface area contributed by atoms with Gasteiger partial charge in [-0.05, 0) is 0 Å². The third-order valence-corrected chi connectivity index (χ3v) is 0. The zero-order valence-corrected chi connectivity index (χ0v) is 28.7. The fourth-order valence-corrected chi connectivity index (χ4v) is 0. The van der Waals surface area contributed by atoms with Crippen molar-refractivity contribution in [1.82, 2.24) is 0 Å². The van der Waals surface area contributed by atoms with Crippen LogP contribution in [0.2, 0.25) is 0 Å². The molecular weight excluding hydrogens is 560 g/mol. The molecule has 4 radical (unpaired) electrons. The van der Waals surface area contributed by atoms with Crippen molar-refractivity contribution in [2.24, 2.45) is 0 Å². The molecule has 21 heavy (non-hydrogen) atoms. The van der Waals surface area contributed by atoms with Crippen molar-refractivity contribution in [3.05, 3.63) is 31.1 Å². The van der Waals surface area contributed by atoms with Crippen LogP contribution in [0, 0.1) is 31.1 Å². The fourth-order valence-electron chi connectivity index (χ4n) is 0. The molecule has 0 bridgehead atoms. The summed E-state index contributed by atoms with van der Waals surface area (Å²) in [6.07, 6.45) is 0. The van der Waals surface area contributed by atoms with Crippen LogP contribution in [0.25, 0.3) is 0 Å². The fraction of sp³-hybridized carbons (Fsp3) is 0.706. The Hall–Kier alpha value is 4.42. The van der Waals surface area contributed by atoms with Crippen LogP contribution in [-0.2, 0) is 131 Å². The summed E-state index contributed by atoms with van der Waals surface area (Å²) in [5.74, 6) is 5.67. The molecule has 0 saturated heterocycles. The molecule has 0 N–H and O–H groups in total. The average molecular weight is 599 g/mol. The summed E-state index contributed by atoms with van der Waals surface area (Å²) in [7, 11) is 0. The maximum absolute atomic E-state index is 2.08. The van der Waals surface area contributed by atoms with Crippen LogP contribution in [0.15, 0.2) is 0 Å². The Kier molecular flexibility index (Phi) is 133. The number of rotatable bonds is 0. The molecule has 0 nitrogen and oxygen atoms in total. The van der Waals surface area contributed by atoms with Crippen molar-refractivity contribution in [1.29, 1.82) is 0 Å². The van der Waals surface area contributed by atoms with E-state index in [2.05, 4.69) is 83.1 Å². The van der Waals surface area contributed by atoms with E-state index in [1.807, 2.05) is 0 Å². The molecule has 0 aromatic heterocycles. The minimum atomic E-state index is 0. The molecule has 0 saturated carbocycles. The van der Waals surface area contributed by atoms with Crippen molar-refractivity contribution in [2.75, 3.05) is 0 Å². The second-order valence-electron chi connectivity index (χ2n) is 6.00. The Balaban J connectivity index is -0.0000000121. The van der Waals surface area contributed by atoms with Crippen LogP contribution in [0.3, 0.4) is 0 Å². The van der Waals surface area contributed by atoms with E-state index >= 15 is 0 Å². The van der Waals surface area contributed by atoms with Crippen molar-refractivity contribution >= 4 is 0 Å². The maximum Gasteiger partial charge on any atom is 0 e. The third kappa shape index (κ3) is 629. The van der Waals surface area contributed by atoms with Gasteiger partial charge in [0.05, 0.1) is 0 Å². The molecule has 0 unspecified atom stereocenters. The third-order valence-electron chi connectivity index (χ3n) is 0. The molecule has 0 aromatic carbocycles. The van der Waals surface area contributed by atoms with E-state index in [4.69, 9.17) is 0 Å². The van der Waals surface area contributed by atoms with E-state index in [-0.39, 0.29) is 138 Å². The predicted octanol–water partition coefficient (Wildman–Crippen LogP) is 6.92. The molecule has 0 atom stereocenters. The zero-order chi connectivity index (χ0) is 14.3. The van der Waals surface area contributed by atoms with E-state index in [1.54, 1.807) is 0 Å². The molecule has 0 amide bonds. The van der Waals surface area contributed by atoms with Gasteiger partial charge in [-0.25, -0.2) is 0 Å². The quantitative estimate of drug-likeness (QED) is 0.266. The van der Waals surface area contributed by atoms with Crippen LogP contribution < -0.4 is 0 Å². The number of hydrogen-bond acceptors (Lipinski definition) is 0. The van der Waals surface area contributed by atoms with Gasteiger partial charge in [-0.15, -0.1) is 0 Å². The van der Waals surface area contributed by atoms with E-state index in [1.165, 1.54) is 23.7 Å². The monoisotopic (exact) mass is 599 g/mol. The van der Waals surface area contributed by atoms with Crippen molar-refractivity contribution < 1.29 is 131 Å². The molecule has 0 aliphatic heterocycles. The predicted molar refractivity (Wildman–Crippen MR) is 87.5 cm³/mol. The van der Waals surface area contributed by atoms with Crippen molar-refractivity contribution in [2.45, 2.75) is 83.1 Å². The summed E-state index contributed by atoms with van der Waals surface area (Å²) >= 11 is 0. The van der Waals surface area contributed by atoms with Gasteiger partial charge in [0.15, 0.2) is 0 Å². The molecule has 0 spiro atoms. The van der Waals surface area contributed by atoms with Gasteiger partial charge < -0.3 is 31.1 Å². The van der Waals surface area contributed by atoms with Gasteiger partial charge in [-0.2, -0.15) is 83.1 Å². The van der Waals surface area contributed by atoms with Gasteiger partial charge in [-0.1, -0.05) is 0 Å². The molecule has 0 heterocycles. The molecule has 0 aliphatic rings. The van der Waals surface area contributed by atoms with Crippen LogP contribution in [0.1, 0.15) is 83.1 Å². The van der Waals surface area contributed by atoms with Crippen LogP contribution >= 0.6 is 0 Å². The minimum absolute atomic E-state index is 0.